The predicted octanol–water partition coefficient (Wildman–Crippen LogP) is 1.62. The number of benzene rings is 1. The number of amides is 1. The maximum Gasteiger partial charge on any atom is 0.271 e. The number of hydrogen-bond donors (Lipinski definition) is 2. The largest absolute Gasteiger partial charge is 0.334 e. The predicted molar refractivity (Wildman–Crippen MR) is 84.1 cm³/mol. The molecule has 1 aromatic rings. The third-order valence-electron chi connectivity index (χ3n) is 3.54. The van der Waals surface area contributed by atoms with Crippen LogP contribution in [0.25, 0.3) is 0 Å². The molecule has 1 saturated heterocycles. The van der Waals surface area contributed by atoms with Crippen molar-refractivity contribution in [3.05, 3.63) is 34.3 Å². The van der Waals surface area contributed by atoms with Crippen LogP contribution in [-0.2, 0) is 0 Å². The number of carbonyl (C=O) groups is 1. The van der Waals surface area contributed by atoms with E-state index in [1.54, 1.807) is 17.0 Å². The number of likely N-dealkylation sites (tertiary alicyclic amines) is 1. The second-order valence-electron chi connectivity index (χ2n) is 5.13. The number of rotatable bonds is 4. The summed E-state index contributed by atoms with van der Waals surface area (Å²) in [7, 11) is 0. The number of hydrogen-bond acceptors (Lipinski definition) is 2. The zero-order chi connectivity index (χ0) is 14.4. The van der Waals surface area contributed by atoms with E-state index in [1.807, 2.05) is 12.1 Å². The first kappa shape index (κ1) is 15.2. The van der Waals surface area contributed by atoms with Gasteiger partial charge in [-0.1, -0.05) is 28.9 Å². The topological polar surface area (TPSA) is 45.9 Å². The molecule has 1 aliphatic heterocycles. The van der Waals surface area contributed by atoms with Crippen LogP contribution in [0.15, 0.2) is 33.8 Å². The molecule has 0 spiro atoms. The van der Waals surface area contributed by atoms with E-state index in [9.17, 15) is 4.79 Å². The van der Waals surface area contributed by atoms with Crippen molar-refractivity contribution in [2.24, 2.45) is 5.10 Å². The van der Waals surface area contributed by atoms with E-state index in [0.717, 1.165) is 36.1 Å². The number of nitrogens with one attached hydrogen (secondary N) is 2. The highest BCUT2D eigenvalue weighted by molar-refractivity contribution is 9.10. The van der Waals surface area contributed by atoms with Crippen LogP contribution in [0.3, 0.4) is 0 Å². The fraction of sp³-hybridized carbons (Fsp3) is 0.467. The van der Waals surface area contributed by atoms with Gasteiger partial charge in [-0.15, -0.1) is 0 Å². The molecule has 1 aliphatic rings. The van der Waals surface area contributed by atoms with Gasteiger partial charge in [0.15, 0.2) is 0 Å². The van der Waals surface area contributed by atoms with Gasteiger partial charge in [0.25, 0.3) is 5.91 Å². The molecule has 0 bridgehead atoms. The molecule has 0 aliphatic carbocycles. The number of hydrazone groups is 1. The number of quaternary nitrogens is 1. The van der Waals surface area contributed by atoms with E-state index in [2.05, 4.69) is 33.4 Å². The summed E-state index contributed by atoms with van der Waals surface area (Å²) in [5.41, 5.74) is 4.39. The van der Waals surface area contributed by atoms with Gasteiger partial charge in [-0.3, -0.25) is 4.79 Å². The summed E-state index contributed by atoms with van der Waals surface area (Å²) >= 11 is 3.36. The van der Waals surface area contributed by atoms with Crippen LogP contribution in [0.4, 0.5) is 0 Å². The molecule has 108 valence electrons. The van der Waals surface area contributed by atoms with Crippen molar-refractivity contribution in [2.45, 2.75) is 26.2 Å². The van der Waals surface area contributed by atoms with E-state index in [4.69, 9.17) is 0 Å². The second kappa shape index (κ2) is 7.55. The Bertz CT molecular complexity index is 492. The Morgan fingerprint density at radius 1 is 1.40 bits per heavy atom. The summed E-state index contributed by atoms with van der Waals surface area (Å²) in [6.45, 7) is 5.70. The Balaban J connectivity index is 1.86. The standard InChI is InChI=1S/C15H20BrN3O/c1-2-8-19-9-6-14(7-10-19)17-18-15(20)12-4-3-5-13(16)11-12/h3-5,11H,2,6-10H2,1H3,(H,18,20)/p+1. The fourth-order valence-electron chi connectivity index (χ4n) is 2.43. The van der Waals surface area contributed by atoms with Gasteiger partial charge in [0.05, 0.1) is 19.6 Å². The van der Waals surface area contributed by atoms with Crippen molar-refractivity contribution in [1.82, 2.24) is 5.43 Å². The Kier molecular flexibility index (Phi) is 5.73. The number of carbonyl (C=O) groups excluding carboxylic acids is 1. The fourth-order valence-corrected chi connectivity index (χ4v) is 2.83. The van der Waals surface area contributed by atoms with Gasteiger partial charge in [-0.25, -0.2) is 5.43 Å². The number of halogens is 1. The first-order chi connectivity index (χ1) is 9.69. The molecule has 0 unspecified atom stereocenters. The van der Waals surface area contributed by atoms with Gasteiger partial charge in [0.1, 0.15) is 0 Å². The lowest BCUT2D eigenvalue weighted by molar-refractivity contribution is -0.901. The van der Waals surface area contributed by atoms with Crippen LogP contribution in [0.5, 0.6) is 0 Å². The Morgan fingerprint density at radius 3 is 2.80 bits per heavy atom. The summed E-state index contributed by atoms with van der Waals surface area (Å²) in [5.74, 6) is -0.151. The van der Waals surface area contributed by atoms with E-state index in [-0.39, 0.29) is 5.91 Å². The van der Waals surface area contributed by atoms with Crippen molar-refractivity contribution >= 4 is 27.5 Å². The van der Waals surface area contributed by atoms with Crippen molar-refractivity contribution in [3.8, 4) is 0 Å². The molecule has 1 fully saturated rings. The summed E-state index contributed by atoms with van der Waals surface area (Å²) < 4.78 is 0.897. The molecule has 5 heteroatoms. The third-order valence-corrected chi connectivity index (χ3v) is 4.03. The van der Waals surface area contributed by atoms with Crippen LogP contribution < -0.4 is 10.3 Å². The molecule has 0 saturated carbocycles. The van der Waals surface area contributed by atoms with E-state index >= 15 is 0 Å². The smallest absolute Gasteiger partial charge is 0.271 e. The van der Waals surface area contributed by atoms with Gasteiger partial charge in [-0.2, -0.15) is 5.10 Å². The highest BCUT2D eigenvalue weighted by Gasteiger charge is 2.17. The summed E-state index contributed by atoms with van der Waals surface area (Å²) in [6, 6.07) is 7.32. The molecule has 20 heavy (non-hydrogen) atoms. The first-order valence-corrected chi connectivity index (χ1v) is 7.93. The SMILES string of the molecule is CCC[NH+]1CCC(=NNC(=O)c2cccc(Br)c2)CC1. The molecule has 4 nitrogen and oxygen atoms in total. The lowest BCUT2D eigenvalue weighted by atomic mass is 10.1. The normalized spacial score (nSPS) is 18.7. The molecular formula is C15H21BrN3O+. The molecule has 1 amide bonds. The monoisotopic (exact) mass is 338 g/mol. The Labute approximate surface area is 128 Å². The Morgan fingerprint density at radius 2 is 2.15 bits per heavy atom. The first-order valence-electron chi connectivity index (χ1n) is 7.14. The third kappa shape index (κ3) is 4.42. The molecule has 2 N–H and O–H groups in total. The molecule has 0 atom stereocenters. The maximum absolute atomic E-state index is 12.0. The van der Waals surface area contributed by atoms with E-state index in [0.29, 0.717) is 5.56 Å². The lowest BCUT2D eigenvalue weighted by Gasteiger charge is -2.24. The summed E-state index contributed by atoms with van der Waals surface area (Å²) in [6.07, 6.45) is 3.18. The lowest BCUT2D eigenvalue weighted by Crippen LogP contribution is -3.13. The van der Waals surface area contributed by atoms with E-state index in [1.165, 1.54) is 13.0 Å². The second-order valence-corrected chi connectivity index (χ2v) is 6.04. The van der Waals surface area contributed by atoms with Crippen LogP contribution >= 0.6 is 15.9 Å². The van der Waals surface area contributed by atoms with Gasteiger partial charge in [0, 0.05) is 28.6 Å². The quantitative estimate of drug-likeness (QED) is 0.805. The van der Waals surface area contributed by atoms with E-state index < -0.39 is 0 Å². The van der Waals surface area contributed by atoms with Gasteiger partial charge >= 0.3 is 0 Å². The molecule has 0 radical (unpaired) electrons. The summed E-state index contributed by atoms with van der Waals surface area (Å²) in [5, 5.41) is 4.27. The molecule has 1 heterocycles. The minimum Gasteiger partial charge on any atom is -0.334 e. The van der Waals surface area contributed by atoms with Crippen LogP contribution in [0, 0.1) is 0 Å². The number of nitrogens with zero attached hydrogens (tertiary/aromatic N) is 1. The highest BCUT2D eigenvalue weighted by Crippen LogP contribution is 2.11. The van der Waals surface area contributed by atoms with Gasteiger partial charge in [0.2, 0.25) is 0 Å². The van der Waals surface area contributed by atoms with Crippen molar-refractivity contribution < 1.29 is 9.69 Å². The minimum absolute atomic E-state index is 0.151. The average molecular weight is 339 g/mol. The van der Waals surface area contributed by atoms with Crippen molar-refractivity contribution in [1.29, 1.82) is 0 Å². The van der Waals surface area contributed by atoms with Gasteiger partial charge < -0.3 is 4.90 Å². The van der Waals surface area contributed by atoms with Crippen LogP contribution in [0.1, 0.15) is 36.5 Å². The van der Waals surface area contributed by atoms with Crippen LogP contribution in [-0.4, -0.2) is 31.3 Å². The zero-order valence-corrected chi connectivity index (χ0v) is 13.4. The minimum atomic E-state index is -0.151. The molecule has 0 aromatic heterocycles. The van der Waals surface area contributed by atoms with Gasteiger partial charge in [-0.05, 0) is 24.6 Å². The number of piperidine rings is 1. The molecule has 2 rings (SSSR count). The average Bonchev–Trinajstić information content (AvgIpc) is 2.46. The van der Waals surface area contributed by atoms with Crippen molar-refractivity contribution in [3.63, 3.8) is 0 Å². The Hall–Kier alpha value is -1.20. The molecule has 1 aromatic carbocycles. The zero-order valence-electron chi connectivity index (χ0n) is 11.8. The van der Waals surface area contributed by atoms with Crippen molar-refractivity contribution in [2.75, 3.05) is 19.6 Å². The van der Waals surface area contributed by atoms with Crippen LogP contribution in [0.2, 0.25) is 0 Å². The highest BCUT2D eigenvalue weighted by atomic mass is 79.9. The summed E-state index contributed by atoms with van der Waals surface area (Å²) in [4.78, 5) is 13.6. The molecular weight excluding hydrogens is 318 g/mol. The maximum atomic E-state index is 12.0.